The number of alkyl carbamates (subject to hydrolysis) is 2. The van der Waals surface area contributed by atoms with Crippen LogP contribution in [-0.4, -0.2) is 221 Å². The molecule has 0 saturated carbocycles. The van der Waals surface area contributed by atoms with Gasteiger partial charge in [-0.2, -0.15) is 17.2 Å². The maximum atomic E-state index is 13.4. The summed E-state index contributed by atoms with van der Waals surface area (Å²) in [5.74, 6) is -4.43. The lowest BCUT2D eigenvalue weighted by Crippen LogP contribution is -2.42. The number of nitrogens with zero attached hydrogens (tertiary/aromatic N) is 8. The number of fused-ring (bicyclic) bond motifs is 6. The molecule has 2 aliphatic carbocycles. The van der Waals surface area contributed by atoms with Crippen molar-refractivity contribution >= 4 is 139 Å². The number of anilines is 2. The molecule has 4 aromatic carbocycles. The predicted molar refractivity (Wildman–Crippen MR) is 426 cm³/mol. The van der Waals surface area contributed by atoms with Crippen LogP contribution >= 0.6 is 46.9 Å². The summed E-state index contributed by atoms with van der Waals surface area (Å²) in [7, 11) is -34.6. The lowest BCUT2D eigenvalue weighted by Gasteiger charge is -2.22. The Labute approximate surface area is 709 Å². The number of phosphoric acid groups is 6. The van der Waals surface area contributed by atoms with Crippen LogP contribution in [0.25, 0.3) is 89.2 Å². The number of phosphoric ester groups is 2. The van der Waals surface area contributed by atoms with Gasteiger partial charge in [0.15, 0.2) is 58.5 Å². The van der Waals surface area contributed by atoms with Gasteiger partial charge in [-0.05, 0) is 96.1 Å². The number of carboxylic acid groups (broad SMARTS) is 2. The maximum absolute atomic E-state index is 13.4. The molecule has 128 heavy (non-hydrogen) atoms. The number of benzene rings is 6. The van der Waals surface area contributed by atoms with Crippen LogP contribution in [0.2, 0.25) is 0 Å². The van der Waals surface area contributed by atoms with Crippen LogP contribution in [0.5, 0.6) is 11.5 Å². The van der Waals surface area contributed by atoms with Gasteiger partial charge in [-0.3, -0.25) is 37.4 Å². The van der Waals surface area contributed by atoms with Gasteiger partial charge in [-0.1, -0.05) is 0 Å². The molecule has 0 spiro atoms. The van der Waals surface area contributed by atoms with E-state index in [1.807, 2.05) is 0 Å². The van der Waals surface area contributed by atoms with Gasteiger partial charge < -0.3 is 130 Å². The first-order valence-electron chi connectivity index (χ1n) is 35.9. The number of aliphatic hydroxyl groups excluding tert-OH is 2. The number of aliphatic hydroxyl groups is 2. The van der Waals surface area contributed by atoms with Gasteiger partial charge in [0.25, 0.3) is 11.8 Å². The Morgan fingerprint density at radius 1 is 0.445 bits per heavy atom. The van der Waals surface area contributed by atoms with Crippen molar-refractivity contribution in [2.45, 2.75) is 49.1 Å². The summed E-state index contributed by atoms with van der Waals surface area (Å²) in [6, 6.07) is 23.5. The Morgan fingerprint density at radius 2 is 0.852 bits per heavy atom. The highest BCUT2D eigenvalue weighted by Crippen LogP contribution is 2.68. The number of carbonyl (C=O) groups excluding carboxylic acids is 4. The number of hydrogen-bond donors (Lipinski definition) is 20. The van der Waals surface area contributed by atoms with Gasteiger partial charge in [0.05, 0.1) is 37.0 Å². The number of phenols is 2. The fourth-order valence-electron chi connectivity index (χ4n) is 13.2. The summed E-state index contributed by atoms with van der Waals surface area (Å²) in [6.07, 6.45) is -11.8. The summed E-state index contributed by atoms with van der Waals surface area (Å²) >= 11 is 0. The molecule has 60 heteroatoms. The van der Waals surface area contributed by atoms with Crippen LogP contribution in [0.3, 0.4) is 0 Å². The molecular formula is C68H64N14O40P6. The summed E-state index contributed by atoms with van der Waals surface area (Å²) in [4.78, 5) is 200. The molecular weight excluding hydrogens is 1840 g/mol. The number of amides is 4. The number of aromatic nitrogens is 8. The van der Waals surface area contributed by atoms with Gasteiger partial charge in [0, 0.05) is 94.6 Å². The first-order chi connectivity index (χ1) is 60.2. The lowest BCUT2D eigenvalue weighted by molar-refractivity contribution is -0.0522. The van der Waals surface area contributed by atoms with E-state index in [9.17, 15) is 116 Å². The highest BCUT2D eigenvalue weighted by Gasteiger charge is 2.52. The third-order valence-corrected chi connectivity index (χ3v) is 25.9. The average molecular weight is 1900 g/mol. The van der Waals surface area contributed by atoms with Crippen molar-refractivity contribution in [1.82, 2.24) is 60.3 Å². The third-order valence-electron chi connectivity index (χ3n) is 18.3. The maximum Gasteiger partial charge on any atom is 0.490 e. The average Bonchev–Trinajstić information content (AvgIpc) is 0.894. The minimum Gasteiger partial charge on any atom is -0.508 e. The number of ether oxygens (including phenoxy) is 4. The van der Waals surface area contributed by atoms with Gasteiger partial charge in [-0.15, -0.1) is 0 Å². The second kappa shape index (κ2) is 37.1. The molecule has 14 rings (SSSR count). The van der Waals surface area contributed by atoms with Crippen molar-refractivity contribution in [2.75, 3.05) is 50.9 Å². The second-order valence-corrected chi connectivity index (χ2v) is 35.8. The number of hydrogen-bond acceptors (Lipinski definition) is 38. The van der Waals surface area contributed by atoms with Crippen LogP contribution in [0.1, 0.15) is 53.9 Å². The van der Waals surface area contributed by atoms with Gasteiger partial charge in [-0.25, -0.2) is 76.5 Å². The van der Waals surface area contributed by atoms with E-state index in [2.05, 4.69) is 77.5 Å². The van der Waals surface area contributed by atoms with E-state index in [0.717, 1.165) is 34.4 Å². The molecule has 0 radical (unpaired) electrons. The predicted octanol–water partition coefficient (Wildman–Crippen LogP) is 3.63. The zero-order valence-electron chi connectivity index (χ0n) is 63.9. The molecule has 8 aromatic rings. The van der Waals surface area contributed by atoms with Crippen molar-refractivity contribution in [2.24, 2.45) is 0 Å². The summed E-state index contributed by atoms with van der Waals surface area (Å²) < 4.78 is 131. The number of imidazole rings is 2. The number of carbonyl (C=O) groups is 6. The molecule has 2 fully saturated rings. The standard InChI is InChI=1S/2C34H32N7O20P3/c35-29-26-30(39-13-38-29)41(14-40-26)32-27(44)28(24(58-32)12-56-63(52,53)61-64(54,55)60-62(49,50)51)59-34(48)37-8-7-36-31(45)15-1-4-18(33(46)47)21(9-15)25-19-5-2-16(42)10-22(19)57-23-11-17(43)3-6-20(23)25;35-29-26-30(39-13-38-29)41(14-40-26)32-28(27(44)24(58-32)12-56-63(52,53)61-64(54,55)60-62(49,50)51)59-34(48)37-8-7-36-31(45)15-1-4-18(33(46)47)21(9-15)25-19-5-2-16(42)10-22(19)57-23-11-17(43)3-6-20(23)25/h2*1-6,9-11,13-14,24,27-28,32,42,44H,7-8,12H2,(H,36,45)(H,37,48)(H,46,47)(H,52,53)(H,54,55)(H2,35,38,39)(H2,49,50,51). The van der Waals surface area contributed by atoms with Crippen molar-refractivity contribution in [3.8, 4) is 56.4 Å². The van der Waals surface area contributed by atoms with E-state index in [1.165, 1.54) is 109 Å². The number of aromatic hydroxyl groups is 2. The summed E-state index contributed by atoms with van der Waals surface area (Å²) in [6.45, 7) is -3.43. The van der Waals surface area contributed by atoms with Gasteiger partial charge in [0.2, 0.25) is 0 Å². The van der Waals surface area contributed by atoms with Crippen molar-refractivity contribution in [3.63, 3.8) is 0 Å². The Morgan fingerprint density at radius 3 is 1.28 bits per heavy atom. The minimum atomic E-state index is -5.92. The Kier molecular flexibility index (Phi) is 27.1. The zero-order chi connectivity index (χ0) is 92.6. The quantitative estimate of drug-likeness (QED) is 0.0174. The molecule has 4 aliphatic heterocycles. The van der Waals surface area contributed by atoms with Crippen LogP contribution < -0.4 is 43.6 Å². The molecule has 2 saturated heterocycles. The van der Waals surface area contributed by atoms with Gasteiger partial charge >= 0.3 is 71.1 Å². The van der Waals surface area contributed by atoms with E-state index >= 15 is 0 Å². The fourth-order valence-corrected chi connectivity index (χ4v) is 19.2. The van der Waals surface area contributed by atoms with Crippen LogP contribution in [-0.2, 0) is 72.6 Å². The molecule has 22 N–H and O–H groups in total. The lowest BCUT2D eigenvalue weighted by atomic mass is 9.89. The number of nitrogen functional groups attached to an aromatic ring is 2. The number of aromatic carboxylic acids is 2. The van der Waals surface area contributed by atoms with E-state index in [0.29, 0.717) is 27.5 Å². The fraction of sp³-hybridized carbons (Fsp3) is 0.206. The Bertz CT molecular complexity index is 6790. The smallest absolute Gasteiger partial charge is 0.490 e. The minimum absolute atomic E-state index is 0.00836. The Balaban J connectivity index is 0.000000219. The highest BCUT2D eigenvalue weighted by molar-refractivity contribution is 7.67. The molecule has 0 bridgehead atoms. The van der Waals surface area contributed by atoms with Crippen molar-refractivity contribution < 1.29 is 180 Å². The van der Waals surface area contributed by atoms with E-state index in [1.54, 1.807) is 0 Å². The van der Waals surface area contributed by atoms with E-state index < -0.39 is 156 Å². The molecule has 12 atom stereocenters. The van der Waals surface area contributed by atoms with Crippen molar-refractivity contribution in [1.29, 1.82) is 0 Å². The molecule has 676 valence electrons. The molecule has 6 aliphatic rings. The molecule has 4 aromatic heterocycles. The zero-order valence-corrected chi connectivity index (χ0v) is 69.2. The molecule has 12 unspecified atom stereocenters. The molecule has 54 nitrogen and oxygen atoms in total. The second-order valence-electron chi connectivity index (χ2n) is 26.9. The number of phenolic OH excluding ortho intramolecular Hbond substituents is 2. The SMILES string of the molecule is Nc1ncnc2c1ncn2C1OC(COP(=O)(O)OP(=O)(O)OP(=O)(O)O)C(O)C1OC(=O)NCCNC(=O)c1ccc(C(=O)O)c(-c2c3ccc(=O)cc-3oc3cc(O)ccc23)c1.Nc1ncnc2c1ncn2C1OC(COP(=O)(O)OP(=O)(O)OP(=O)(O)O)C(OC(=O)NCCNC(=O)c2ccc(C(=O)O)c(-c3c4ccc(=O)cc-4oc4cc(O)ccc34)c2)C1O. The van der Waals surface area contributed by atoms with Crippen LogP contribution in [0.15, 0.2) is 153 Å². The number of nitrogens with two attached hydrogens (primary N) is 2. The first-order valence-corrected chi connectivity index (χ1v) is 44.9. The van der Waals surface area contributed by atoms with E-state index in [-0.39, 0.29) is 133 Å². The number of rotatable bonds is 30. The molecule has 4 amide bonds. The number of carboxylic acids is 2. The van der Waals surface area contributed by atoms with Crippen LogP contribution in [0, 0.1) is 0 Å². The first kappa shape index (κ1) is 93.3. The normalized spacial score (nSPS) is 19.6. The monoisotopic (exact) mass is 1900 g/mol. The van der Waals surface area contributed by atoms with Crippen LogP contribution in [0.4, 0.5) is 21.2 Å². The highest BCUT2D eigenvalue weighted by atomic mass is 31.3. The summed E-state index contributed by atoms with van der Waals surface area (Å²) in [5.41, 5.74) is 12.2. The number of nitrogens with one attached hydrogen (secondary N) is 4. The molecule has 8 heterocycles. The third kappa shape index (κ3) is 21.7. The largest absolute Gasteiger partial charge is 0.508 e. The Hall–Kier alpha value is -12.4. The summed E-state index contributed by atoms with van der Waals surface area (Å²) in [5, 5.41) is 73.4. The topological polar surface area (TPSA) is 828 Å². The van der Waals surface area contributed by atoms with Crippen molar-refractivity contribution in [3.05, 3.63) is 177 Å². The van der Waals surface area contributed by atoms with E-state index in [4.69, 9.17) is 58.8 Å². The van der Waals surface area contributed by atoms with Gasteiger partial charge in [0.1, 0.15) is 82.3 Å².